The average molecular weight is 659 g/mol. The summed E-state index contributed by atoms with van der Waals surface area (Å²) in [6.07, 6.45) is 0.0697. The van der Waals surface area contributed by atoms with Crippen molar-refractivity contribution in [3.8, 4) is 5.75 Å². The van der Waals surface area contributed by atoms with E-state index in [-0.39, 0.29) is 21.9 Å². The Bertz CT molecular complexity index is 1590. The molecule has 0 bridgehead atoms. The van der Waals surface area contributed by atoms with Gasteiger partial charge in [0.15, 0.2) is 0 Å². The molecule has 3 atom stereocenters. The summed E-state index contributed by atoms with van der Waals surface area (Å²) in [4.78, 5) is -0.133. The van der Waals surface area contributed by atoms with E-state index in [1.54, 1.807) is 31.4 Å². The van der Waals surface area contributed by atoms with E-state index in [4.69, 9.17) is 19.6 Å². The van der Waals surface area contributed by atoms with Crippen molar-refractivity contribution < 1.29 is 35.8 Å². The van der Waals surface area contributed by atoms with Crippen molar-refractivity contribution in [1.82, 2.24) is 5.32 Å². The highest BCUT2D eigenvalue weighted by molar-refractivity contribution is 7.86. The van der Waals surface area contributed by atoms with Gasteiger partial charge in [-0.1, -0.05) is 77.9 Å². The zero-order chi connectivity index (χ0) is 33.6. The summed E-state index contributed by atoms with van der Waals surface area (Å²) in [5, 5.41) is 13.6. The third-order valence-corrected chi connectivity index (χ3v) is 8.41. The highest BCUT2D eigenvalue weighted by atomic mass is 32.2. The largest absolute Gasteiger partial charge is 0.497 e. The molecular formula is C33H42N2O8S2. The predicted octanol–water partition coefficient (Wildman–Crippen LogP) is 4.76. The molecule has 0 spiro atoms. The molecule has 0 unspecified atom stereocenters. The Kier molecular flexibility index (Phi) is 14.8. The van der Waals surface area contributed by atoms with Crippen LogP contribution < -0.4 is 15.8 Å². The molecule has 0 aliphatic rings. The van der Waals surface area contributed by atoms with Gasteiger partial charge < -0.3 is 20.9 Å². The summed E-state index contributed by atoms with van der Waals surface area (Å²) in [5.41, 5.74) is 10.3. The molecule has 4 rings (SSSR count). The van der Waals surface area contributed by atoms with Crippen molar-refractivity contribution in [3.05, 3.63) is 125 Å². The Balaban J connectivity index is 0.000000266. The molecule has 0 radical (unpaired) electrons. The van der Waals surface area contributed by atoms with Crippen LogP contribution in [0.15, 0.2) is 113 Å². The fraction of sp³-hybridized carbons (Fsp3) is 0.273. The number of methoxy groups -OCH3 is 1. The predicted molar refractivity (Wildman–Crippen MR) is 176 cm³/mol. The molecule has 0 amide bonds. The van der Waals surface area contributed by atoms with Gasteiger partial charge in [0.25, 0.3) is 20.2 Å². The first kappa shape index (κ1) is 37.6. The van der Waals surface area contributed by atoms with Crippen LogP contribution in [0.1, 0.15) is 35.2 Å². The fourth-order valence-corrected chi connectivity index (χ4v) is 4.88. The molecular weight excluding hydrogens is 617 g/mol. The summed E-state index contributed by atoms with van der Waals surface area (Å²) < 4.78 is 64.3. The number of aryl methyl sites for hydroxylation is 2. The van der Waals surface area contributed by atoms with Gasteiger partial charge in [0.05, 0.1) is 23.0 Å². The fourth-order valence-electron chi connectivity index (χ4n) is 3.92. The summed E-state index contributed by atoms with van der Waals surface area (Å²) in [7, 11) is -6.38. The topological polar surface area (TPSA) is 176 Å². The van der Waals surface area contributed by atoms with Gasteiger partial charge in [-0.25, -0.2) is 0 Å². The lowest BCUT2D eigenvalue weighted by molar-refractivity contribution is 0.138. The van der Waals surface area contributed by atoms with Crippen LogP contribution in [0.2, 0.25) is 0 Å². The van der Waals surface area contributed by atoms with Gasteiger partial charge >= 0.3 is 0 Å². The second-order valence-corrected chi connectivity index (χ2v) is 13.2. The Morgan fingerprint density at radius 2 is 1.24 bits per heavy atom. The molecule has 4 aromatic carbocycles. The minimum Gasteiger partial charge on any atom is -0.497 e. The lowest BCUT2D eigenvalue weighted by Crippen LogP contribution is -2.43. The number of rotatable bonds is 10. The summed E-state index contributed by atoms with van der Waals surface area (Å²) in [5.74, 6) is 0.831. The van der Waals surface area contributed by atoms with Gasteiger partial charge in [-0.05, 0) is 74.7 Å². The molecule has 12 heteroatoms. The molecule has 244 valence electrons. The van der Waals surface area contributed by atoms with Crippen molar-refractivity contribution in [2.24, 2.45) is 5.73 Å². The maximum Gasteiger partial charge on any atom is 0.294 e. The van der Waals surface area contributed by atoms with Crippen molar-refractivity contribution in [3.63, 3.8) is 0 Å². The van der Waals surface area contributed by atoms with Gasteiger partial charge in [-0.15, -0.1) is 0 Å². The molecule has 0 aromatic heterocycles. The Hall–Kier alpha value is -3.62. The molecule has 0 saturated carbocycles. The van der Waals surface area contributed by atoms with Crippen LogP contribution in [0.4, 0.5) is 0 Å². The second-order valence-electron chi connectivity index (χ2n) is 10.4. The normalized spacial score (nSPS) is 13.2. The lowest BCUT2D eigenvalue weighted by atomic mass is 10.0. The SMILES string of the molecule is COc1cccc([C@H](C)NC[C@@H](O)[C@@H](N)Cc2ccccc2)c1.Cc1ccc(S(=O)(=O)O)cc1.Cc1ccc(S(=O)(=O)O)cc1. The molecule has 10 nitrogen and oxygen atoms in total. The zero-order valence-electron chi connectivity index (χ0n) is 25.7. The Labute approximate surface area is 266 Å². The van der Waals surface area contributed by atoms with Gasteiger partial charge in [0.2, 0.25) is 0 Å². The van der Waals surface area contributed by atoms with E-state index >= 15 is 0 Å². The van der Waals surface area contributed by atoms with Crippen molar-refractivity contribution >= 4 is 20.2 Å². The quantitative estimate of drug-likeness (QED) is 0.149. The van der Waals surface area contributed by atoms with Crippen LogP contribution in [-0.2, 0) is 26.7 Å². The second kappa shape index (κ2) is 17.8. The van der Waals surface area contributed by atoms with E-state index in [9.17, 15) is 21.9 Å². The first-order valence-electron chi connectivity index (χ1n) is 14.0. The average Bonchev–Trinajstić information content (AvgIpc) is 3.00. The third-order valence-electron chi connectivity index (χ3n) is 6.67. The number of nitrogens with one attached hydrogen (secondary N) is 1. The Morgan fingerprint density at radius 1 is 0.756 bits per heavy atom. The van der Waals surface area contributed by atoms with Crippen LogP contribution >= 0.6 is 0 Å². The van der Waals surface area contributed by atoms with Crippen molar-refractivity contribution in [2.75, 3.05) is 13.7 Å². The van der Waals surface area contributed by atoms with Crippen molar-refractivity contribution in [1.29, 1.82) is 0 Å². The van der Waals surface area contributed by atoms with E-state index < -0.39 is 26.3 Å². The van der Waals surface area contributed by atoms with E-state index in [0.717, 1.165) is 28.0 Å². The zero-order valence-corrected chi connectivity index (χ0v) is 27.4. The summed E-state index contributed by atoms with van der Waals surface area (Å²) in [6.45, 7) is 6.19. The van der Waals surface area contributed by atoms with Gasteiger partial charge in [0.1, 0.15) is 5.75 Å². The molecule has 0 fully saturated rings. The molecule has 0 aliphatic carbocycles. The molecule has 0 heterocycles. The van der Waals surface area contributed by atoms with E-state index in [1.165, 1.54) is 24.3 Å². The third kappa shape index (κ3) is 13.9. The molecule has 4 aromatic rings. The van der Waals surface area contributed by atoms with Crippen LogP contribution in [0, 0.1) is 13.8 Å². The number of aliphatic hydroxyl groups is 1. The maximum absolute atomic E-state index is 10.5. The molecule has 0 saturated heterocycles. The molecule has 6 N–H and O–H groups in total. The minimum absolute atomic E-state index is 0.0666. The van der Waals surface area contributed by atoms with E-state index in [2.05, 4.69) is 12.2 Å². The summed E-state index contributed by atoms with van der Waals surface area (Å²) >= 11 is 0. The highest BCUT2D eigenvalue weighted by Gasteiger charge is 2.17. The standard InChI is InChI=1S/C19H26N2O2.2C7H8O3S/c1-14(16-9-6-10-17(12-16)23-2)21-13-19(22)18(20)11-15-7-4-3-5-8-15;2*1-6-2-4-7(5-3-6)11(8,9)10/h3-10,12,14,18-19,21-22H,11,13,20H2,1-2H3;2*2-5H,1H3,(H,8,9,10)/t14-,18-,19+;;/m0../s1. The van der Waals surface area contributed by atoms with E-state index in [0.29, 0.717) is 13.0 Å². The van der Waals surface area contributed by atoms with Crippen LogP contribution in [0.5, 0.6) is 5.75 Å². The van der Waals surface area contributed by atoms with Gasteiger partial charge in [-0.2, -0.15) is 16.8 Å². The maximum atomic E-state index is 10.5. The number of hydrogen-bond donors (Lipinski definition) is 5. The van der Waals surface area contributed by atoms with E-state index in [1.807, 2.05) is 68.4 Å². The smallest absolute Gasteiger partial charge is 0.294 e. The number of hydrogen-bond acceptors (Lipinski definition) is 8. The number of aliphatic hydroxyl groups excluding tert-OH is 1. The van der Waals surface area contributed by atoms with Crippen LogP contribution in [0.25, 0.3) is 0 Å². The first-order chi connectivity index (χ1) is 21.1. The molecule has 0 aliphatic heterocycles. The Morgan fingerprint density at radius 3 is 1.69 bits per heavy atom. The van der Waals surface area contributed by atoms with Gasteiger partial charge in [-0.3, -0.25) is 9.11 Å². The molecule has 45 heavy (non-hydrogen) atoms. The van der Waals surface area contributed by atoms with Crippen LogP contribution in [-0.4, -0.2) is 56.8 Å². The number of ether oxygens (including phenoxy) is 1. The lowest BCUT2D eigenvalue weighted by Gasteiger charge is -2.22. The van der Waals surface area contributed by atoms with Gasteiger partial charge in [0, 0.05) is 18.6 Å². The monoisotopic (exact) mass is 658 g/mol. The summed E-state index contributed by atoms with van der Waals surface area (Å²) in [6, 6.07) is 29.7. The minimum atomic E-state index is -4.02. The number of nitrogens with two attached hydrogens (primary N) is 1. The van der Waals surface area contributed by atoms with Crippen molar-refractivity contribution in [2.45, 2.75) is 55.2 Å². The highest BCUT2D eigenvalue weighted by Crippen LogP contribution is 2.19. The first-order valence-corrected chi connectivity index (χ1v) is 16.9. The number of benzene rings is 4. The van der Waals surface area contributed by atoms with Crippen LogP contribution in [0.3, 0.4) is 0 Å².